The van der Waals surface area contributed by atoms with Crippen LogP contribution in [0.4, 0.5) is 5.82 Å². The first-order valence-corrected chi connectivity index (χ1v) is 7.94. The Morgan fingerprint density at radius 3 is 2.47 bits per heavy atom. The quantitative estimate of drug-likeness (QED) is 0.760. The third-order valence-electron chi connectivity index (χ3n) is 4.59. The van der Waals surface area contributed by atoms with Gasteiger partial charge in [-0.05, 0) is 42.4 Å². The van der Waals surface area contributed by atoms with Crippen LogP contribution in [0.5, 0.6) is 0 Å². The number of piperidine rings is 1. The summed E-state index contributed by atoms with van der Waals surface area (Å²) in [5.41, 5.74) is 2.86. The third-order valence-corrected chi connectivity index (χ3v) is 4.90. The largest absolute Gasteiger partial charge is 0.357 e. The van der Waals surface area contributed by atoms with Crippen LogP contribution >= 0.6 is 11.6 Å². The molecule has 0 aromatic carbocycles. The number of aromatic nitrogens is 1. The van der Waals surface area contributed by atoms with Crippen molar-refractivity contribution in [3.05, 3.63) is 23.4 Å². The highest BCUT2D eigenvalue weighted by Gasteiger charge is 2.28. The van der Waals surface area contributed by atoms with Crippen molar-refractivity contribution in [1.82, 2.24) is 4.98 Å². The average molecular weight is 281 g/mol. The van der Waals surface area contributed by atoms with Crippen LogP contribution in [0.2, 0.25) is 0 Å². The van der Waals surface area contributed by atoms with Gasteiger partial charge in [-0.25, -0.2) is 4.98 Å². The molecule has 1 aliphatic heterocycles. The van der Waals surface area contributed by atoms with E-state index in [1.807, 2.05) is 0 Å². The van der Waals surface area contributed by atoms with E-state index in [1.54, 1.807) is 0 Å². The van der Waals surface area contributed by atoms with E-state index < -0.39 is 0 Å². The molecule has 0 unspecified atom stereocenters. The number of rotatable bonds is 4. The highest BCUT2D eigenvalue weighted by Crippen LogP contribution is 2.35. The van der Waals surface area contributed by atoms with Gasteiger partial charge in [-0.1, -0.05) is 27.2 Å². The van der Waals surface area contributed by atoms with Crippen molar-refractivity contribution < 1.29 is 0 Å². The van der Waals surface area contributed by atoms with Gasteiger partial charge in [-0.2, -0.15) is 0 Å². The van der Waals surface area contributed by atoms with Crippen LogP contribution in [0, 0.1) is 5.41 Å². The van der Waals surface area contributed by atoms with Gasteiger partial charge in [0, 0.05) is 24.7 Å². The standard InChI is InChI=1S/C16H25ClN2/c1-4-14-10-13(12-17)11-15(18-14)19-8-6-16(3,5-2)7-9-19/h10-11H,4-9,12H2,1-3H3. The minimum absolute atomic E-state index is 0.522. The lowest BCUT2D eigenvalue weighted by Gasteiger charge is -2.39. The van der Waals surface area contributed by atoms with Gasteiger partial charge < -0.3 is 4.90 Å². The Morgan fingerprint density at radius 2 is 1.95 bits per heavy atom. The third kappa shape index (κ3) is 3.42. The van der Waals surface area contributed by atoms with E-state index in [2.05, 4.69) is 37.8 Å². The molecule has 1 saturated heterocycles. The van der Waals surface area contributed by atoms with Crippen LogP contribution in [-0.4, -0.2) is 18.1 Å². The Balaban J connectivity index is 2.14. The minimum Gasteiger partial charge on any atom is -0.357 e. The fourth-order valence-corrected chi connectivity index (χ4v) is 2.84. The Bertz CT molecular complexity index is 401. The molecule has 1 aromatic rings. The van der Waals surface area contributed by atoms with Crippen LogP contribution in [0.25, 0.3) is 0 Å². The first-order valence-electron chi connectivity index (χ1n) is 7.41. The van der Waals surface area contributed by atoms with E-state index in [0.29, 0.717) is 11.3 Å². The highest BCUT2D eigenvalue weighted by atomic mass is 35.5. The fourth-order valence-electron chi connectivity index (χ4n) is 2.68. The number of alkyl halides is 1. The van der Waals surface area contributed by atoms with Crippen molar-refractivity contribution in [2.24, 2.45) is 5.41 Å². The summed E-state index contributed by atoms with van der Waals surface area (Å²) in [6.45, 7) is 9.09. The number of nitrogens with zero attached hydrogens (tertiary/aromatic N) is 2. The molecule has 0 radical (unpaired) electrons. The van der Waals surface area contributed by atoms with Gasteiger partial charge in [0.15, 0.2) is 0 Å². The van der Waals surface area contributed by atoms with E-state index in [9.17, 15) is 0 Å². The molecule has 19 heavy (non-hydrogen) atoms. The normalized spacial score (nSPS) is 18.6. The summed E-state index contributed by atoms with van der Waals surface area (Å²) in [7, 11) is 0. The number of aryl methyl sites for hydroxylation is 1. The lowest BCUT2D eigenvalue weighted by Crippen LogP contribution is -2.39. The van der Waals surface area contributed by atoms with Crippen molar-refractivity contribution in [2.75, 3.05) is 18.0 Å². The first-order chi connectivity index (χ1) is 9.10. The second kappa shape index (κ2) is 6.13. The molecule has 0 atom stereocenters. The Hall–Kier alpha value is -0.760. The van der Waals surface area contributed by atoms with Crippen molar-refractivity contribution in [1.29, 1.82) is 0 Å². The van der Waals surface area contributed by atoms with E-state index >= 15 is 0 Å². The molecule has 3 heteroatoms. The van der Waals surface area contributed by atoms with Gasteiger partial charge in [-0.15, -0.1) is 11.6 Å². The lowest BCUT2D eigenvalue weighted by atomic mass is 9.78. The number of hydrogen-bond acceptors (Lipinski definition) is 2. The van der Waals surface area contributed by atoms with Gasteiger partial charge in [0.05, 0.1) is 0 Å². The Labute approximate surface area is 122 Å². The molecule has 2 rings (SSSR count). The summed E-state index contributed by atoms with van der Waals surface area (Å²) in [4.78, 5) is 7.19. The molecule has 0 spiro atoms. The van der Waals surface area contributed by atoms with Gasteiger partial charge in [0.2, 0.25) is 0 Å². The average Bonchev–Trinajstić information content (AvgIpc) is 2.47. The van der Waals surface area contributed by atoms with Gasteiger partial charge in [0.1, 0.15) is 5.82 Å². The molecule has 0 saturated carbocycles. The number of hydrogen-bond donors (Lipinski definition) is 0. The number of pyridine rings is 1. The molecule has 1 fully saturated rings. The fraction of sp³-hybridized carbons (Fsp3) is 0.688. The van der Waals surface area contributed by atoms with Crippen molar-refractivity contribution in [3.8, 4) is 0 Å². The van der Waals surface area contributed by atoms with E-state index in [0.717, 1.165) is 31.0 Å². The number of anilines is 1. The summed E-state index contributed by atoms with van der Waals surface area (Å²) in [5, 5.41) is 0. The maximum Gasteiger partial charge on any atom is 0.129 e. The van der Waals surface area contributed by atoms with E-state index in [1.165, 1.54) is 24.8 Å². The molecule has 0 N–H and O–H groups in total. The molecule has 0 bridgehead atoms. The van der Waals surface area contributed by atoms with E-state index in [4.69, 9.17) is 16.6 Å². The Morgan fingerprint density at radius 1 is 1.26 bits per heavy atom. The monoisotopic (exact) mass is 280 g/mol. The zero-order valence-electron chi connectivity index (χ0n) is 12.4. The molecule has 2 heterocycles. The minimum atomic E-state index is 0.522. The maximum absolute atomic E-state index is 5.99. The smallest absolute Gasteiger partial charge is 0.129 e. The van der Waals surface area contributed by atoms with Gasteiger partial charge in [0.25, 0.3) is 0 Å². The summed E-state index contributed by atoms with van der Waals surface area (Å²) < 4.78 is 0. The molecule has 0 aliphatic carbocycles. The van der Waals surface area contributed by atoms with Crippen LogP contribution in [0.1, 0.15) is 51.3 Å². The predicted octanol–water partition coefficient (Wildman–Crippen LogP) is 4.40. The predicted molar refractivity (Wildman–Crippen MR) is 83.0 cm³/mol. The highest BCUT2D eigenvalue weighted by molar-refractivity contribution is 6.17. The summed E-state index contributed by atoms with van der Waals surface area (Å²) in [5.74, 6) is 1.69. The molecule has 106 valence electrons. The van der Waals surface area contributed by atoms with Crippen molar-refractivity contribution in [2.45, 2.75) is 52.3 Å². The lowest BCUT2D eigenvalue weighted by molar-refractivity contribution is 0.238. The second-order valence-electron chi connectivity index (χ2n) is 5.96. The SMILES string of the molecule is CCc1cc(CCl)cc(N2CCC(C)(CC)CC2)n1. The van der Waals surface area contributed by atoms with Gasteiger partial charge in [-0.3, -0.25) is 0 Å². The molecular weight excluding hydrogens is 256 g/mol. The van der Waals surface area contributed by atoms with Gasteiger partial charge >= 0.3 is 0 Å². The van der Waals surface area contributed by atoms with E-state index in [-0.39, 0.29) is 0 Å². The maximum atomic E-state index is 5.99. The molecule has 0 amide bonds. The number of halogens is 1. The van der Waals surface area contributed by atoms with Crippen LogP contribution in [-0.2, 0) is 12.3 Å². The van der Waals surface area contributed by atoms with Crippen LogP contribution < -0.4 is 4.90 Å². The van der Waals surface area contributed by atoms with Crippen molar-refractivity contribution in [3.63, 3.8) is 0 Å². The molecular formula is C16H25ClN2. The summed E-state index contributed by atoms with van der Waals surface area (Å²) >= 11 is 5.99. The van der Waals surface area contributed by atoms with Crippen LogP contribution in [0.3, 0.4) is 0 Å². The van der Waals surface area contributed by atoms with Crippen molar-refractivity contribution >= 4 is 17.4 Å². The Kier molecular flexibility index (Phi) is 4.72. The topological polar surface area (TPSA) is 16.1 Å². The first kappa shape index (κ1) is 14.6. The molecule has 1 aliphatic rings. The zero-order chi connectivity index (χ0) is 13.9. The second-order valence-corrected chi connectivity index (χ2v) is 6.23. The molecule has 1 aromatic heterocycles. The zero-order valence-corrected chi connectivity index (χ0v) is 13.1. The van der Waals surface area contributed by atoms with Crippen LogP contribution in [0.15, 0.2) is 12.1 Å². The summed E-state index contributed by atoms with van der Waals surface area (Å²) in [6, 6.07) is 4.28. The summed E-state index contributed by atoms with van der Waals surface area (Å²) in [6.07, 6.45) is 4.77. The molecule has 2 nitrogen and oxygen atoms in total.